The Balaban J connectivity index is 2.44. The molecule has 112 valence electrons. The number of rotatable bonds is 5. The molecule has 1 aliphatic rings. The van der Waals surface area contributed by atoms with Crippen LogP contribution in [0.5, 0.6) is 0 Å². The van der Waals surface area contributed by atoms with Crippen LogP contribution in [-0.2, 0) is 14.3 Å². The van der Waals surface area contributed by atoms with E-state index in [1.54, 1.807) is 45.0 Å². The van der Waals surface area contributed by atoms with E-state index in [1.165, 1.54) is 6.08 Å². The van der Waals surface area contributed by atoms with Crippen LogP contribution in [-0.4, -0.2) is 35.8 Å². The summed E-state index contributed by atoms with van der Waals surface area (Å²) in [6, 6.07) is 8.62. The fourth-order valence-corrected chi connectivity index (χ4v) is 2.40. The maximum atomic E-state index is 12.7. The highest BCUT2D eigenvalue weighted by atomic mass is 16.7. The van der Waals surface area contributed by atoms with Crippen LogP contribution in [0.3, 0.4) is 0 Å². The predicted octanol–water partition coefficient (Wildman–Crippen LogP) is 2.34. The van der Waals surface area contributed by atoms with Gasteiger partial charge in [0.15, 0.2) is 0 Å². The molecular formula is C16H19NO4. The third kappa shape index (κ3) is 2.62. The first kappa shape index (κ1) is 15.4. The predicted molar refractivity (Wildman–Crippen MR) is 77.4 cm³/mol. The number of hydrogen-bond acceptors (Lipinski definition) is 4. The summed E-state index contributed by atoms with van der Waals surface area (Å²) in [7, 11) is 0. The zero-order chi connectivity index (χ0) is 15.5. The van der Waals surface area contributed by atoms with E-state index in [4.69, 9.17) is 9.47 Å². The van der Waals surface area contributed by atoms with Gasteiger partial charge in [0.1, 0.15) is 0 Å². The van der Waals surface area contributed by atoms with Gasteiger partial charge < -0.3 is 9.47 Å². The standard InChI is InChI=1S/C16H19NO4/c1-4-20-16(21-5-2)12(3)11-14(18)17(16)15(19)13-9-7-6-8-10-13/h6-11H,4-5H2,1-3H3. The van der Waals surface area contributed by atoms with Gasteiger partial charge in [-0.1, -0.05) is 18.2 Å². The zero-order valence-corrected chi connectivity index (χ0v) is 12.5. The fraction of sp³-hybridized carbons (Fsp3) is 0.375. The van der Waals surface area contributed by atoms with E-state index in [0.29, 0.717) is 24.4 Å². The molecule has 0 fully saturated rings. The molecule has 2 rings (SSSR count). The van der Waals surface area contributed by atoms with Gasteiger partial charge in [-0.2, -0.15) is 0 Å². The number of ether oxygens (including phenoxy) is 2. The van der Waals surface area contributed by atoms with Crippen LogP contribution in [0, 0.1) is 0 Å². The number of imide groups is 1. The average molecular weight is 289 g/mol. The molecule has 0 atom stereocenters. The van der Waals surface area contributed by atoms with Crippen LogP contribution in [0.25, 0.3) is 0 Å². The first-order chi connectivity index (χ1) is 10.1. The smallest absolute Gasteiger partial charge is 0.285 e. The molecule has 5 heteroatoms. The molecule has 21 heavy (non-hydrogen) atoms. The molecular weight excluding hydrogens is 270 g/mol. The molecule has 1 aromatic rings. The maximum absolute atomic E-state index is 12.7. The second kappa shape index (κ2) is 6.20. The third-order valence-electron chi connectivity index (χ3n) is 3.26. The molecule has 2 amide bonds. The molecule has 0 saturated carbocycles. The largest absolute Gasteiger partial charge is 0.329 e. The van der Waals surface area contributed by atoms with Crippen LogP contribution < -0.4 is 0 Å². The van der Waals surface area contributed by atoms with Crippen molar-refractivity contribution in [1.29, 1.82) is 0 Å². The molecule has 0 spiro atoms. The molecule has 0 bridgehead atoms. The summed E-state index contributed by atoms with van der Waals surface area (Å²) in [5.41, 5.74) is 0.984. The van der Waals surface area contributed by atoms with Crippen molar-refractivity contribution in [2.24, 2.45) is 0 Å². The Hall–Kier alpha value is -1.98. The summed E-state index contributed by atoms with van der Waals surface area (Å²) in [6.07, 6.45) is 1.38. The van der Waals surface area contributed by atoms with Gasteiger partial charge in [-0.15, -0.1) is 0 Å². The molecule has 0 N–H and O–H groups in total. The Labute approximate surface area is 124 Å². The molecule has 0 aliphatic carbocycles. The fourth-order valence-electron chi connectivity index (χ4n) is 2.40. The minimum atomic E-state index is -1.44. The van der Waals surface area contributed by atoms with Crippen LogP contribution >= 0.6 is 0 Å². The lowest BCUT2D eigenvalue weighted by Gasteiger charge is -2.37. The van der Waals surface area contributed by atoms with Crippen molar-refractivity contribution < 1.29 is 19.1 Å². The third-order valence-corrected chi connectivity index (χ3v) is 3.26. The minimum absolute atomic E-state index is 0.316. The first-order valence-corrected chi connectivity index (χ1v) is 6.97. The highest BCUT2D eigenvalue weighted by molar-refractivity contribution is 6.10. The minimum Gasteiger partial charge on any atom is -0.329 e. The Kier molecular flexibility index (Phi) is 4.55. The van der Waals surface area contributed by atoms with Gasteiger partial charge in [-0.05, 0) is 32.9 Å². The van der Waals surface area contributed by atoms with Gasteiger partial charge in [0, 0.05) is 30.4 Å². The summed E-state index contributed by atoms with van der Waals surface area (Å²) >= 11 is 0. The van der Waals surface area contributed by atoms with Crippen LogP contribution in [0.15, 0.2) is 42.0 Å². The van der Waals surface area contributed by atoms with Crippen molar-refractivity contribution in [3.8, 4) is 0 Å². The van der Waals surface area contributed by atoms with E-state index < -0.39 is 17.7 Å². The molecule has 1 aliphatic heterocycles. The average Bonchev–Trinajstić information content (AvgIpc) is 2.71. The molecule has 0 saturated heterocycles. The number of carbonyl (C=O) groups is 2. The number of benzene rings is 1. The van der Waals surface area contributed by atoms with Crippen molar-refractivity contribution in [3.63, 3.8) is 0 Å². The second-order valence-electron chi connectivity index (χ2n) is 4.62. The Bertz CT molecular complexity index is 559. The van der Waals surface area contributed by atoms with E-state index in [1.807, 2.05) is 6.07 Å². The first-order valence-electron chi connectivity index (χ1n) is 6.97. The van der Waals surface area contributed by atoms with Gasteiger partial charge in [0.25, 0.3) is 17.7 Å². The zero-order valence-electron chi connectivity index (χ0n) is 12.5. The summed E-state index contributed by atoms with van der Waals surface area (Å²) in [4.78, 5) is 26.0. The summed E-state index contributed by atoms with van der Waals surface area (Å²) in [5, 5.41) is 0. The summed E-state index contributed by atoms with van der Waals surface area (Å²) < 4.78 is 11.3. The van der Waals surface area contributed by atoms with Crippen LogP contribution in [0.4, 0.5) is 0 Å². The normalized spacial score (nSPS) is 17.0. The molecule has 0 unspecified atom stereocenters. The lowest BCUT2D eigenvalue weighted by Crippen LogP contribution is -2.55. The van der Waals surface area contributed by atoms with Gasteiger partial charge in [0.05, 0.1) is 0 Å². The summed E-state index contributed by atoms with van der Waals surface area (Å²) in [6.45, 7) is 5.94. The number of nitrogens with zero attached hydrogens (tertiary/aromatic N) is 1. The Morgan fingerprint density at radius 1 is 1.14 bits per heavy atom. The number of hydrogen-bond donors (Lipinski definition) is 0. The van der Waals surface area contributed by atoms with E-state index in [2.05, 4.69) is 0 Å². The van der Waals surface area contributed by atoms with Gasteiger partial charge in [-0.25, -0.2) is 4.90 Å². The van der Waals surface area contributed by atoms with E-state index in [-0.39, 0.29) is 0 Å². The summed E-state index contributed by atoms with van der Waals surface area (Å²) in [5.74, 6) is -2.30. The van der Waals surface area contributed by atoms with Crippen LogP contribution in [0.2, 0.25) is 0 Å². The molecule has 1 aromatic carbocycles. The Morgan fingerprint density at radius 3 is 2.24 bits per heavy atom. The lowest BCUT2D eigenvalue weighted by atomic mass is 10.2. The Morgan fingerprint density at radius 2 is 1.71 bits per heavy atom. The van der Waals surface area contributed by atoms with E-state index >= 15 is 0 Å². The monoisotopic (exact) mass is 289 g/mol. The van der Waals surface area contributed by atoms with Crippen LogP contribution in [0.1, 0.15) is 31.1 Å². The van der Waals surface area contributed by atoms with Crippen molar-refractivity contribution >= 4 is 11.8 Å². The molecule has 5 nitrogen and oxygen atoms in total. The topological polar surface area (TPSA) is 55.8 Å². The maximum Gasteiger partial charge on any atom is 0.285 e. The van der Waals surface area contributed by atoms with Crippen molar-refractivity contribution in [2.45, 2.75) is 26.7 Å². The molecule has 1 heterocycles. The van der Waals surface area contributed by atoms with E-state index in [9.17, 15) is 9.59 Å². The van der Waals surface area contributed by atoms with E-state index in [0.717, 1.165) is 4.90 Å². The number of carbonyl (C=O) groups excluding carboxylic acids is 2. The van der Waals surface area contributed by atoms with Gasteiger partial charge >= 0.3 is 0 Å². The quantitative estimate of drug-likeness (QED) is 0.616. The SMILES string of the molecule is CCOC1(OCC)C(C)=CC(=O)N1C(=O)c1ccccc1. The highest BCUT2D eigenvalue weighted by Gasteiger charge is 2.51. The lowest BCUT2D eigenvalue weighted by molar-refractivity contribution is -0.262. The van der Waals surface area contributed by atoms with Gasteiger partial charge in [-0.3, -0.25) is 9.59 Å². The molecule has 0 aromatic heterocycles. The van der Waals surface area contributed by atoms with Crippen molar-refractivity contribution in [3.05, 3.63) is 47.5 Å². The highest BCUT2D eigenvalue weighted by Crippen LogP contribution is 2.35. The second-order valence-corrected chi connectivity index (χ2v) is 4.62. The molecule has 0 radical (unpaired) electrons. The van der Waals surface area contributed by atoms with Crippen molar-refractivity contribution in [1.82, 2.24) is 4.90 Å². The van der Waals surface area contributed by atoms with Gasteiger partial charge in [0.2, 0.25) is 0 Å². The van der Waals surface area contributed by atoms with Crippen molar-refractivity contribution in [2.75, 3.05) is 13.2 Å². The number of amides is 2.